The van der Waals surface area contributed by atoms with E-state index in [-0.39, 0.29) is 5.69 Å². The Morgan fingerprint density at radius 3 is 2.89 bits per heavy atom. The summed E-state index contributed by atoms with van der Waals surface area (Å²) in [7, 11) is 1.56. The molecule has 0 bridgehead atoms. The van der Waals surface area contributed by atoms with Gasteiger partial charge in [0, 0.05) is 5.02 Å². The van der Waals surface area contributed by atoms with Gasteiger partial charge in [-0.1, -0.05) is 17.7 Å². The highest BCUT2D eigenvalue weighted by atomic mass is 35.5. The van der Waals surface area contributed by atoms with Crippen LogP contribution in [0.25, 0.3) is 0 Å². The van der Waals surface area contributed by atoms with Gasteiger partial charge in [-0.25, -0.2) is 0 Å². The van der Waals surface area contributed by atoms with Gasteiger partial charge in [0.1, 0.15) is 18.1 Å². The van der Waals surface area contributed by atoms with Crippen molar-refractivity contribution in [3.05, 3.63) is 51.3 Å². The van der Waals surface area contributed by atoms with Gasteiger partial charge in [0.05, 0.1) is 18.6 Å². The second-order valence-corrected chi connectivity index (χ2v) is 4.02. The minimum Gasteiger partial charge on any atom is -0.497 e. The van der Waals surface area contributed by atoms with E-state index in [1.165, 1.54) is 17.1 Å². The monoisotopic (exact) mass is 267 g/mol. The molecular formula is C11H10ClN3O3. The van der Waals surface area contributed by atoms with Crippen molar-refractivity contribution in [1.82, 2.24) is 9.78 Å². The van der Waals surface area contributed by atoms with Crippen molar-refractivity contribution in [2.45, 2.75) is 6.54 Å². The summed E-state index contributed by atoms with van der Waals surface area (Å²) in [5.41, 5.74) is 0.773. The maximum atomic E-state index is 10.5. The van der Waals surface area contributed by atoms with Crippen molar-refractivity contribution in [3.63, 3.8) is 0 Å². The van der Waals surface area contributed by atoms with Gasteiger partial charge in [0.15, 0.2) is 0 Å². The molecule has 2 rings (SSSR count). The van der Waals surface area contributed by atoms with Gasteiger partial charge in [0.25, 0.3) is 0 Å². The first-order valence-electron chi connectivity index (χ1n) is 5.09. The topological polar surface area (TPSA) is 70.2 Å². The molecule has 94 valence electrons. The Balaban J connectivity index is 2.20. The van der Waals surface area contributed by atoms with Gasteiger partial charge in [-0.05, 0) is 17.7 Å². The zero-order valence-corrected chi connectivity index (χ0v) is 10.3. The fourth-order valence-electron chi connectivity index (χ4n) is 1.49. The molecule has 7 heteroatoms. The Kier molecular flexibility index (Phi) is 3.47. The van der Waals surface area contributed by atoms with E-state index in [1.54, 1.807) is 25.3 Å². The molecule has 1 aromatic heterocycles. The zero-order chi connectivity index (χ0) is 13.1. The number of rotatable bonds is 4. The highest BCUT2D eigenvalue weighted by Gasteiger charge is 2.10. The summed E-state index contributed by atoms with van der Waals surface area (Å²) >= 11 is 6.07. The summed E-state index contributed by atoms with van der Waals surface area (Å²) in [6.45, 7) is 0.372. The maximum absolute atomic E-state index is 10.5. The smallest absolute Gasteiger partial charge is 0.307 e. The fourth-order valence-corrected chi connectivity index (χ4v) is 1.72. The SMILES string of the molecule is COc1ccc(Cn2cc([N+](=O)[O-])cn2)c(Cl)c1. The summed E-state index contributed by atoms with van der Waals surface area (Å²) in [6, 6.07) is 5.27. The first kappa shape index (κ1) is 12.4. The molecule has 6 nitrogen and oxygen atoms in total. The van der Waals surface area contributed by atoms with E-state index in [4.69, 9.17) is 16.3 Å². The van der Waals surface area contributed by atoms with Crippen LogP contribution in [0.1, 0.15) is 5.56 Å². The first-order valence-corrected chi connectivity index (χ1v) is 5.47. The van der Waals surface area contributed by atoms with E-state index in [1.807, 2.05) is 0 Å². The van der Waals surface area contributed by atoms with E-state index in [9.17, 15) is 10.1 Å². The minimum absolute atomic E-state index is 0.0420. The van der Waals surface area contributed by atoms with Crippen LogP contribution < -0.4 is 4.74 Å². The lowest BCUT2D eigenvalue weighted by molar-refractivity contribution is -0.385. The van der Waals surface area contributed by atoms with Crippen LogP contribution >= 0.6 is 11.6 Å². The number of hydrogen-bond acceptors (Lipinski definition) is 4. The average Bonchev–Trinajstić information content (AvgIpc) is 2.80. The minimum atomic E-state index is -0.487. The summed E-state index contributed by atoms with van der Waals surface area (Å²) in [5.74, 6) is 0.662. The van der Waals surface area contributed by atoms with Gasteiger partial charge in [-0.3, -0.25) is 14.8 Å². The summed E-state index contributed by atoms with van der Waals surface area (Å²) in [6.07, 6.45) is 2.57. The third-order valence-electron chi connectivity index (χ3n) is 2.42. The number of aromatic nitrogens is 2. The number of hydrogen-bond donors (Lipinski definition) is 0. The molecule has 0 amide bonds. The third kappa shape index (κ3) is 2.60. The molecule has 0 N–H and O–H groups in total. The number of benzene rings is 1. The van der Waals surface area contributed by atoms with Crippen LogP contribution in [-0.2, 0) is 6.54 Å². The molecule has 0 fully saturated rings. The van der Waals surface area contributed by atoms with Gasteiger partial charge in [0.2, 0.25) is 0 Å². The highest BCUT2D eigenvalue weighted by molar-refractivity contribution is 6.31. The molecule has 0 unspecified atom stereocenters. The van der Waals surface area contributed by atoms with E-state index >= 15 is 0 Å². The molecule has 0 radical (unpaired) electrons. The number of methoxy groups -OCH3 is 1. The Labute approximate surface area is 108 Å². The molecule has 0 spiro atoms. The molecule has 2 aromatic rings. The van der Waals surface area contributed by atoms with Gasteiger partial charge < -0.3 is 4.74 Å². The maximum Gasteiger partial charge on any atom is 0.307 e. The fraction of sp³-hybridized carbons (Fsp3) is 0.182. The molecule has 0 atom stereocenters. The Morgan fingerprint density at radius 1 is 1.56 bits per heavy atom. The van der Waals surface area contributed by atoms with Crippen LogP contribution in [-0.4, -0.2) is 21.8 Å². The lowest BCUT2D eigenvalue weighted by Crippen LogP contribution is -2.00. The van der Waals surface area contributed by atoms with E-state index in [0.717, 1.165) is 5.56 Å². The van der Waals surface area contributed by atoms with E-state index < -0.39 is 4.92 Å². The van der Waals surface area contributed by atoms with Gasteiger partial charge in [-0.2, -0.15) is 5.10 Å². The van der Waals surface area contributed by atoms with Crippen molar-refractivity contribution in [2.75, 3.05) is 7.11 Å². The third-order valence-corrected chi connectivity index (χ3v) is 2.77. The largest absolute Gasteiger partial charge is 0.497 e. The Hall–Kier alpha value is -2.08. The predicted molar refractivity (Wildman–Crippen MR) is 66.0 cm³/mol. The molecule has 1 aromatic carbocycles. The van der Waals surface area contributed by atoms with Crippen LogP contribution in [0.4, 0.5) is 5.69 Å². The van der Waals surface area contributed by atoms with Crippen LogP contribution in [0.3, 0.4) is 0 Å². The molecule has 18 heavy (non-hydrogen) atoms. The molecule has 0 aliphatic carbocycles. The number of ether oxygens (including phenoxy) is 1. The van der Waals surface area contributed by atoms with Crippen LogP contribution in [0.15, 0.2) is 30.6 Å². The standard InChI is InChI=1S/C11H10ClN3O3/c1-18-10-3-2-8(11(12)4-10)6-14-7-9(5-13-14)15(16)17/h2-5,7H,6H2,1H3. The quantitative estimate of drug-likeness (QED) is 0.630. The van der Waals surface area contributed by atoms with Gasteiger partial charge in [-0.15, -0.1) is 0 Å². The molecule has 0 aliphatic heterocycles. The summed E-state index contributed by atoms with van der Waals surface area (Å²) in [5, 5.41) is 15.0. The lowest BCUT2D eigenvalue weighted by atomic mass is 10.2. The second-order valence-electron chi connectivity index (χ2n) is 3.61. The Morgan fingerprint density at radius 2 is 2.33 bits per heavy atom. The second kappa shape index (κ2) is 5.05. The summed E-state index contributed by atoms with van der Waals surface area (Å²) < 4.78 is 6.50. The normalized spacial score (nSPS) is 10.3. The zero-order valence-electron chi connectivity index (χ0n) is 9.54. The van der Waals surface area contributed by atoms with Crippen molar-refractivity contribution < 1.29 is 9.66 Å². The van der Waals surface area contributed by atoms with Crippen molar-refractivity contribution in [3.8, 4) is 5.75 Å². The Bertz CT molecular complexity index is 583. The van der Waals surface area contributed by atoms with Crippen molar-refractivity contribution in [2.24, 2.45) is 0 Å². The predicted octanol–water partition coefficient (Wildman–Crippen LogP) is 2.50. The lowest BCUT2D eigenvalue weighted by Gasteiger charge is -2.06. The number of halogens is 1. The van der Waals surface area contributed by atoms with E-state index in [2.05, 4.69) is 5.10 Å². The van der Waals surface area contributed by atoms with Crippen LogP contribution in [0.2, 0.25) is 5.02 Å². The molecule has 0 saturated carbocycles. The van der Waals surface area contributed by atoms with Crippen molar-refractivity contribution >= 4 is 17.3 Å². The van der Waals surface area contributed by atoms with Gasteiger partial charge >= 0.3 is 5.69 Å². The number of nitrogens with zero attached hydrogens (tertiary/aromatic N) is 3. The molecule has 0 saturated heterocycles. The summed E-state index contributed by atoms with van der Waals surface area (Å²) in [4.78, 5) is 10.0. The van der Waals surface area contributed by atoms with Crippen LogP contribution in [0.5, 0.6) is 5.75 Å². The average molecular weight is 268 g/mol. The highest BCUT2D eigenvalue weighted by Crippen LogP contribution is 2.23. The van der Waals surface area contributed by atoms with Crippen LogP contribution in [0, 0.1) is 10.1 Å². The molecule has 1 heterocycles. The van der Waals surface area contributed by atoms with E-state index in [0.29, 0.717) is 17.3 Å². The molecule has 0 aliphatic rings. The molecular weight excluding hydrogens is 258 g/mol. The number of nitro groups is 1. The first-order chi connectivity index (χ1) is 8.60. The van der Waals surface area contributed by atoms with Crippen molar-refractivity contribution in [1.29, 1.82) is 0 Å².